The van der Waals surface area contributed by atoms with E-state index in [1.807, 2.05) is 58.0 Å². The Morgan fingerprint density at radius 3 is 2.18 bits per heavy atom. The van der Waals surface area contributed by atoms with Crippen LogP contribution in [0.2, 0.25) is 0 Å². The van der Waals surface area contributed by atoms with Crippen molar-refractivity contribution in [1.82, 2.24) is 10.6 Å². The maximum Gasteiger partial charge on any atom is 0.242 e. The number of hydrogen-bond donors (Lipinski definition) is 3. The van der Waals surface area contributed by atoms with Gasteiger partial charge in [-0.15, -0.1) is 0 Å². The van der Waals surface area contributed by atoms with E-state index in [2.05, 4.69) is 10.6 Å². The van der Waals surface area contributed by atoms with Gasteiger partial charge in [0.25, 0.3) is 0 Å². The number of hydrogen-bond acceptors (Lipinski definition) is 4. The van der Waals surface area contributed by atoms with Gasteiger partial charge in [-0.3, -0.25) is 9.59 Å². The highest BCUT2D eigenvalue weighted by Gasteiger charge is 2.29. The fraction of sp³-hybridized carbons (Fsp3) is 0.636. The van der Waals surface area contributed by atoms with Crippen molar-refractivity contribution >= 4 is 11.8 Å². The molecule has 1 rings (SSSR count). The number of ether oxygens (including phenoxy) is 1. The lowest BCUT2D eigenvalue weighted by Crippen LogP contribution is -2.51. The molecule has 158 valence electrons. The van der Waals surface area contributed by atoms with E-state index in [1.54, 1.807) is 7.05 Å². The molecule has 6 heteroatoms. The van der Waals surface area contributed by atoms with Crippen LogP contribution >= 0.6 is 0 Å². The quantitative estimate of drug-likeness (QED) is 0.510. The van der Waals surface area contributed by atoms with Crippen LogP contribution in [0, 0.1) is 17.8 Å². The standard InChI is InChI=1S/C22H37N3O3/c1-15(2)19(21(26)25-20(16(3)4)22(27)24-5)12-11-18(23)14-28-13-17-9-7-6-8-10-17/h6-10,15-16,18-20H,11-14,23H2,1-5H3,(H,24,27)(H,25,26)/t18?,19-,20?/m0/s1. The predicted octanol–water partition coefficient (Wildman–Crippen LogP) is 2.47. The van der Waals surface area contributed by atoms with Gasteiger partial charge in [0.05, 0.1) is 13.2 Å². The summed E-state index contributed by atoms with van der Waals surface area (Å²) in [4.78, 5) is 24.8. The van der Waals surface area contributed by atoms with Crippen molar-refractivity contribution in [2.75, 3.05) is 13.7 Å². The van der Waals surface area contributed by atoms with Gasteiger partial charge in [-0.25, -0.2) is 0 Å². The number of nitrogens with one attached hydrogen (secondary N) is 2. The molecule has 0 radical (unpaired) electrons. The van der Waals surface area contributed by atoms with E-state index in [9.17, 15) is 9.59 Å². The molecule has 3 atom stereocenters. The Hall–Kier alpha value is -1.92. The first kappa shape index (κ1) is 24.1. The average Bonchev–Trinajstić information content (AvgIpc) is 2.66. The summed E-state index contributed by atoms with van der Waals surface area (Å²) in [5.74, 6) is -0.266. The third-order valence-corrected chi connectivity index (χ3v) is 4.93. The maximum absolute atomic E-state index is 12.8. The van der Waals surface area contributed by atoms with Crippen LogP contribution in [-0.2, 0) is 20.9 Å². The summed E-state index contributed by atoms with van der Waals surface area (Å²) in [6.07, 6.45) is 1.36. The number of nitrogens with two attached hydrogens (primary N) is 1. The molecule has 0 bridgehead atoms. The van der Waals surface area contributed by atoms with Crippen molar-refractivity contribution in [1.29, 1.82) is 0 Å². The first-order chi connectivity index (χ1) is 13.3. The van der Waals surface area contributed by atoms with E-state index >= 15 is 0 Å². The van der Waals surface area contributed by atoms with Gasteiger partial charge >= 0.3 is 0 Å². The van der Waals surface area contributed by atoms with Gasteiger partial charge in [0.1, 0.15) is 6.04 Å². The third kappa shape index (κ3) is 8.40. The van der Waals surface area contributed by atoms with Crippen molar-refractivity contribution in [3.05, 3.63) is 35.9 Å². The summed E-state index contributed by atoms with van der Waals surface area (Å²) in [6.45, 7) is 8.87. The Kier molecular flexibility index (Phi) is 10.8. The Balaban J connectivity index is 2.49. The van der Waals surface area contributed by atoms with Crippen molar-refractivity contribution in [2.24, 2.45) is 23.5 Å². The zero-order valence-electron chi connectivity index (χ0n) is 17.9. The lowest BCUT2D eigenvalue weighted by Gasteiger charge is -2.26. The second-order valence-corrected chi connectivity index (χ2v) is 8.03. The predicted molar refractivity (Wildman–Crippen MR) is 112 cm³/mol. The summed E-state index contributed by atoms with van der Waals surface area (Å²) in [5, 5.41) is 5.53. The maximum atomic E-state index is 12.8. The lowest BCUT2D eigenvalue weighted by atomic mass is 9.88. The first-order valence-electron chi connectivity index (χ1n) is 10.2. The molecule has 0 fully saturated rings. The van der Waals surface area contributed by atoms with Crippen LogP contribution in [0.15, 0.2) is 30.3 Å². The normalized spacial score (nSPS) is 14.6. The molecular weight excluding hydrogens is 354 g/mol. The summed E-state index contributed by atoms with van der Waals surface area (Å²) in [5.41, 5.74) is 7.30. The molecule has 0 aromatic heterocycles. The highest BCUT2D eigenvalue weighted by Crippen LogP contribution is 2.19. The molecule has 0 heterocycles. The molecule has 1 aromatic carbocycles. The summed E-state index contributed by atoms with van der Waals surface area (Å²) < 4.78 is 5.70. The molecule has 2 amide bonds. The minimum atomic E-state index is -0.526. The van der Waals surface area contributed by atoms with Crippen molar-refractivity contribution < 1.29 is 14.3 Å². The van der Waals surface area contributed by atoms with E-state index in [0.717, 1.165) is 5.56 Å². The largest absolute Gasteiger partial charge is 0.375 e. The van der Waals surface area contributed by atoms with Gasteiger partial charge in [0, 0.05) is 19.0 Å². The number of carbonyl (C=O) groups excluding carboxylic acids is 2. The van der Waals surface area contributed by atoms with Crippen LogP contribution in [0.4, 0.5) is 0 Å². The molecule has 6 nitrogen and oxygen atoms in total. The SMILES string of the molecule is CNC(=O)C(NC(=O)[C@@H](CCC(N)COCc1ccccc1)C(C)C)C(C)C. The van der Waals surface area contributed by atoms with E-state index in [1.165, 1.54) is 0 Å². The van der Waals surface area contributed by atoms with Crippen LogP contribution in [-0.4, -0.2) is 37.6 Å². The zero-order chi connectivity index (χ0) is 21.1. The highest BCUT2D eigenvalue weighted by molar-refractivity contribution is 5.88. The van der Waals surface area contributed by atoms with Crippen LogP contribution < -0.4 is 16.4 Å². The molecule has 28 heavy (non-hydrogen) atoms. The van der Waals surface area contributed by atoms with E-state index in [4.69, 9.17) is 10.5 Å². The van der Waals surface area contributed by atoms with Crippen molar-refractivity contribution in [3.63, 3.8) is 0 Å². The topological polar surface area (TPSA) is 93.5 Å². The van der Waals surface area contributed by atoms with Gasteiger partial charge in [-0.2, -0.15) is 0 Å². The molecule has 0 aliphatic rings. The average molecular weight is 392 g/mol. The van der Waals surface area contributed by atoms with Gasteiger partial charge in [-0.05, 0) is 30.2 Å². The van der Waals surface area contributed by atoms with Crippen LogP contribution in [0.5, 0.6) is 0 Å². The number of amides is 2. The second-order valence-electron chi connectivity index (χ2n) is 8.03. The Morgan fingerprint density at radius 1 is 1.00 bits per heavy atom. The summed E-state index contributed by atoms with van der Waals surface area (Å²) in [7, 11) is 1.58. The van der Waals surface area contributed by atoms with E-state index in [0.29, 0.717) is 26.1 Å². The molecule has 0 spiro atoms. The lowest BCUT2D eigenvalue weighted by molar-refractivity contribution is -0.133. The number of rotatable bonds is 12. The molecule has 0 aliphatic carbocycles. The second kappa shape index (κ2) is 12.5. The molecule has 1 aromatic rings. The Bertz CT molecular complexity index is 590. The fourth-order valence-corrected chi connectivity index (χ4v) is 3.10. The van der Waals surface area contributed by atoms with Crippen LogP contribution in [0.3, 0.4) is 0 Å². The van der Waals surface area contributed by atoms with Gasteiger partial charge in [0.15, 0.2) is 0 Å². The molecule has 0 saturated carbocycles. The van der Waals surface area contributed by atoms with E-state index < -0.39 is 6.04 Å². The summed E-state index contributed by atoms with van der Waals surface area (Å²) >= 11 is 0. The number of carbonyl (C=O) groups is 2. The molecule has 0 saturated heterocycles. The number of benzene rings is 1. The molecule has 4 N–H and O–H groups in total. The minimum Gasteiger partial charge on any atom is -0.375 e. The van der Waals surface area contributed by atoms with Gasteiger partial charge in [-0.1, -0.05) is 58.0 Å². The van der Waals surface area contributed by atoms with Crippen LogP contribution in [0.1, 0.15) is 46.1 Å². The molecule has 2 unspecified atom stereocenters. The molecular formula is C22H37N3O3. The molecule has 0 aliphatic heterocycles. The van der Waals surface area contributed by atoms with Crippen LogP contribution in [0.25, 0.3) is 0 Å². The van der Waals surface area contributed by atoms with E-state index in [-0.39, 0.29) is 35.6 Å². The van der Waals surface area contributed by atoms with Crippen molar-refractivity contribution in [3.8, 4) is 0 Å². The highest BCUT2D eigenvalue weighted by atomic mass is 16.5. The van der Waals surface area contributed by atoms with Crippen molar-refractivity contribution in [2.45, 2.75) is 59.2 Å². The zero-order valence-corrected chi connectivity index (χ0v) is 17.9. The number of likely N-dealkylation sites (N-methyl/N-ethyl adjacent to an activating group) is 1. The first-order valence-corrected chi connectivity index (χ1v) is 10.2. The van der Waals surface area contributed by atoms with Gasteiger partial charge in [0.2, 0.25) is 11.8 Å². The Labute approximate surface area is 169 Å². The Morgan fingerprint density at radius 2 is 1.64 bits per heavy atom. The van der Waals surface area contributed by atoms with Gasteiger partial charge < -0.3 is 21.1 Å². The third-order valence-electron chi connectivity index (χ3n) is 4.93. The monoisotopic (exact) mass is 391 g/mol. The smallest absolute Gasteiger partial charge is 0.242 e. The fourth-order valence-electron chi connectivity index (χ4n) is 3.10. The minimum absolute atomic E-state index is 0.0188. The summed E-state index contributed by atoms with van der Waals surface area (Å²) in [6, 6.07) is 9.31.